The van der Waals surface area contributed by atoms with Gasteiger partial charge in [-0.15, -0.1) is 5.10 Å². The van der Waals surface area contributed by atoms with E-state index >= 15 is 0 Å². The predicted molar refractivity (Wildman–Crippen MR) is 123 cm³/mol. The number of hydrogen-bond acceptors (Lipinski definition) is 5. The molecular weight excluding hydrogens is 432 g/mol. The third kappa shape index (κ3) is 4.37. The summed E-state index contributed by atoms with van der Waals surface area (Å²) < 4.78 is 11.8. The average molecular weight is 457 g/mol. The van der Waals surface area contributed by atoms with Crippen molar-refractivity contribution < 1.29 is 4.42 Å². The number of nitrogens with zero attached hydrogens (tertiary/aromatic N) is 6. The van der Waals surface area contributed by atoms with Gasteiger partial charge in [-0.2, -0.15) is 5.10 Å². The van der Waals surface area contributed by atoms with Crippen LogP contribution in [0.5, 0.6) is 0 Å². The topological polar surface area (TPSA) is 57.0 Å². The van der Waals surface area contributed by atoms with Gasteiger partial charge in [0, 0.05) is 29.9 Å². The summed E-state index contributed by atoms with van der Waals surface area (Å²) in [6.07, 6.45) is 1.63. The molecule has 0 atom stereocenters. The normalized spacial score (nSPS) is 11.5. The van der Waals surface area contributed by atoms with Crippen LogP contribution in [0.1, 0.15) is 22.5 Å². The molecule has 4 aromatic rings. The lowest BCUT2D eigenvalue weighted by molar-refractivity contribution is 0.243. The van der Waals surface area contributed by atoms with E-state index in [1.807, 2.05) is 71.3 Å². The van der Waals surface area contributed by atoms with E-state index in [0.717, 1.165) is 28.5 Å². The molecule has 0 amide bonds. The molecule has 9 heteroatoms. The molecule has 0 aliphatic carbocycles. The smallest absolute Gasteiger partial charge is 0.199 e. The van der Waals surface area contributed by atoms with Gasteiger partial charge in [0.05, 0.1) is 25.2 Å². The summed E-state index contributed by atoms with van der Waals surface area (Å²) >= 11 is 11.9. The van der Waals surface area contributed by atoms with Gasteiger partial charge in [-0.05, 0) is 56.9 Å². The Bertz CT molecular complexity index is 1250. The molecular formula is C22H25ClN6OS. The average Bonchev–Trinajstić information content (AvgIpc) is 3.42. The molecule has 4 rings (SSSR count). The molecule has 0 fully saturated rings. The van der Waals surface area contributed by atoms with Gasteiger partial charge in [0.1, 0.15) is 0 Å². The van der Waals surface area contributed by atoms with Crippen molar-refractivity contribution >= 4 is 23.8 Å². The summed E-state index contributed by atoms with van der Waals surface area (Å²) in [6, 6.07) is 11.6. The Morgan fingerprint density at radius 1 is 1.10 bits per heavy atom. The maximum atomic E-state index is 6.34. The Hall–Kier alpha value is -2.68. The van der Waals surface area contributed by atoms with Crippen LogP contribution < -0.4 is 0 Å². The zero-order chi connectivity index (χ0) is 22.1. The number of aryl methyl sites for hydroxylation is 1. The highest BCUT2D eigenvalue weighted by Gasteiger charge is 2.17. The molecule has 0 bridgehead atoms. The highest BCUT2D eigenvalue weighted by Crippen LogP contribution is 2.21. The fourth-order valence-electron chi connectivity index (χ4n) is 3.65. The molecule has 0 saturated carbocycles. The number of furan rings is 1. The fraction of sp³-hybridized carbons (Fsp3) is 0.318. The van der Waals surface area contributed by atoms with E-state index in [0.29, 0.717) is 29.6 Å². The molecule has 0 spiro atoms. The van der Waals surface area contributed by atoms with E-state index in [1.165, 1.54) is 5.56 Å². The Kier molecular flexibility index (Phi) is 6.13. The largest absolute Gasteiger partial charge is 0.461 e. The van der Waals surface area contributed by atoms with Crippen LogP contribution >= 0.6 is 23.8 Å². The summed E-state index contributed by atoms with van der Waals surface area (Å²) in [5, 5.41) is 10.2. The van der Waals surface area contributed by atoms with Gasteiger partial charge >= 0.3 is 0 Å². The number of halogens is 1. The number of rotatable bonds is 7. The van der Waals surface area contributed by atoms with Crippen molar-refractivity contribution in [2.24, 2.45) is 7.05 Å². The maximum absolute atomic E-state index is 6.34. The second-order valence-corrected chi connectivity index (χ2v) is 8.47. The lowest BCUT2D eigenvalue weighted by Crippen LogP contribution is -2.23. The molecule has 0 aliphatic rings. The molecule has 3 aromatic heterocycles. The zero-order valence-electron chi connectivity index (χ0n) is 18.0. The van der Waals surface area contributed by atoms with Crippen LogP contribution in [0.4, 0.5) is 0 Å². The van der Waals surface area contributed by atoms with Gasteiger partial charge in [0.25, 0.3) is 0 Å². The second-order valence-electron chi connectivity index (χ2n) is 7.70. The monoisotopic (exact) mass is 456 g/mol. The number of hydrogen-bond donors (Lipinski definition) is 0. The maximum Gasteiger partial charge on any atom is 0.199 e. The van der Waals surface area contributed by atoms with E-state index in [-0.39, 0.29) is 0 Å². The van der Waals surface area contributed by atoms with E-state index in [9.17, 15) is 0 Å². The van der Waals surface area contributed by atoms with Crippen molar-refractivity contribution in [1.29, 1.82) is 0 Å². The van der Waals surface area contributed by atoms with Gasteiger partial charge in [-0.1, -0.05) is 29.8 Å². The van der Waals surface area contributed by atoms with Crippen LogP contribution in [0, 0.1) is 18.6 Å². The van der Waals surface area contributed by atoms with Crippen LogP contribution in [-0.2, 0) is 26.8 Å². The first-order valence-electron chi connectivity index (χ1n) is 9.97. The van der Waals surface area contributed by atoms with E-state index in [1.54, 1.807) is 6.26 Å². The SMILES string of the molecule is Cc1nn(Cc2ccccc2Cl)c(C)c1CN(C)Cn1nc(-c2ccco2)n(C)c1=S. The standard InChI is InChI=1S/C22H25ClN6OS/c1-15-18(16(2)28(24-15)12-17-8-5-6-9-19(17)23)13-26(3)14-29-22(31)27(4)21(25-29)20-10-7-11-30-20/h5-11H,12-14H2,1-4H3. The quantitative estimate of drug-likeness (QED) is 0.373. The molecule has 0 N–H and O–H groups in total. The van der Waals surface area contributed by atoms with Gasteiger partial charge in [0.15, 0.2) is 16.4 Å². The molecule has 0 aliphatic heterocycles. The number of benzene rings is 1. The second kappa shape index (κ2) is 8.82. The van der Waals surface area contributed by atoms with Crippen LogP contribution in [0.2, 0.25) is 5.02 Å². The molecule has 31 heavy (non-hydrogen) atoms. The molecule has 162 valence electrons. The predicted octanol–water partition coefficient (Wildman–Crippen LogP) is 4.82. The van der Waals surface area contributed by atoms with Crippen LogP contribution in [0.3, 0.4) is 0 Å². The third-order valence-corrected chi connectivity index (χ3v) is 6.25. The minimum absolute atomic E-state index is 0.557. The fourth-order valence-corrected chi connectivity index (χ4v) is 4.03. The van der Waals surface area contributed by atoms with Crippen molar-refractivity contribution in [3.63, 3.8) is 0 Å². The Balaban J connectivity index is 1.51. The first-order chi connectivity index (χ1) is 14.8. The third-order valence-electron chi connectivity index (χ3n) is 5.40. The Labute approximate surface area is 191 Å². The summed E-state index contributed by atoms with van der Waals surface area (Å²) in [5.41, 5.74) is 4.39. The molecule has 0 radical (unpaired) electrons. The number of aromatic nitrogens is 5. The van der Waals surface area contributed by atoms with Crippen molar-refractivity contribution in [1.82, 2.24) is 29.0 Å². The van der Waals surface area contributed by atoms with Gasteiger partial charge in [-0.3, -0.25) is 9.58 Å². The summed E-state index contributed by atoms with van der Waals surface area (Å²) in [6.45, 7) is 6.08. The molecule has 3 heterocycles. The van der Waals surface area contributed by atoms with Gasteiger partial charge < -0.3 is 8.98 Å². The van der Waals surface area contributed by atoms with Crippen molar-refractivity contribution in [3.8, 4) is 11.6 Å². The minimum Gasteiger partial charge on any atom is -0.461 e. The first-order valence-corrected chi connectivity index (χ1v) is 10.8. The van der Waals surface area contributed by atoms with E-state index in [2.05, 4.69) is 16.9 Å². The lowest BCUT2D eigenvalue weighted by Gasteiger charge is -2.17. The van der Waals surface area contributed by atoms with Gasteiger partial charge in [0.2, 0.25) is 0 Å². The Morgan fingerprint density at radius 3 is 2.58 bits per heavy atom. The minimum atomic E-state index is 0.557. The van der Waals surface area contributed by atoms with Crippen molar-refractivity contribution in [2.75, 3.05) is 7.05 Å². The molecule has 0 saturated heterocycles. The van der Waals surface area contributed by atoms with Gasteiger partial charge in [-0.25, -0.2) is 4.68 Å². The molecule has 1 aromatic carbocycles. The molecule has 7 nitrogen and oxygen atoms in total. The van der Waals surface area contributed by atoms with Crippen LogP contribution in [0.15, 0.2) is 47.1 Å². The summed E-state index contributed by atoms with van der Waals surface area (Å²) in [4.78, 5) is 2.17. The first kappa shape index (κ1) is 21.5. The van der Waals surface area contributed by atoms with E-state index in [4.69, 9.17) is 33.3 Å². The highest BCUT2D eigenvalue weighted by atomic mass is 35.5. The van der Waals surface area contributed by atoms with Crippen LogP contribution in [0.25, 0.3) is 11.6 Å². The van der Waals surface area contributed by atoms with Crippen LogP contribution in [-0.4, -0.2) is 36.1 Å². The Morgan fingerprint density at radius 2 is 1.87 bits per heavy atom. The lowest BCUT2D eigenvalue weighted by atomic mass is 10.2. The van der Waals surface area contributed by atoms with Crippen molar-refractivity contribution in [3.05, 3.63) is 75.0 Å². The zero-order valence-corrected chi connectivity index (χ0v) is 19.6. The summed E-state index contributed by atoms with van der Waals surface area (Å²) in [5.74, 6) is 1.41. The molecule has 0 unspecified atom stereocenters. The summed E-state index contributed by atoms with van der Waals surface area (Å²) in [7, 11) is 3.95. The van der Waals surface area contributed by atoms with Crippen molar-refractivity contribution in [2.45, 2.75) is 33.6 Å². The highest BCUT2D eigenvalue weighted by molar-refractivity contribution is 7.71. The van der Waals surface area contributed by atoms with E-state index < -0.39 is 0 Å².